The summed E-state index contributed by atoms with van der Waals surface area (Å²) in [6, 6.07) is 11.4. The number of halogens is 1. The summed E-state index contributed by atoms with van der Waals surface area (Å²) in [5.41, 5.74) is 1.01. The molecule has 38 heavy (non-hydrogen) atoms. The summed E-state index contributed by atoms with van der Waals surface area (Å²) in [6.07, 6.45) is 6.15. The van der Waals surface area contributed by atoms with Gasteiger partial charge < -0.3 is 19.7 Å². The normalized spacial score (nSPS) is 14.9. The highest BCUT2D eigenvalue weighted by Gasteiger charge is 2.32. The van der Waals surface area contributed by atoms with Crippen molar-refractivity contribution in [3.63, 3.8) is 0 Å². The maximum absolute atomic E-state index is 13.8. The van der Waals surface area contributed by atoms with Crippen LogP contribution in [0.2, 0.25) is 0 Å². The van der Waals surface area contributed by atoms with E-state index in [1.54, 1.807) is 19.1 Å². The number of anilines is 1. The Labute approximate surface area is 233 Å². The van der Waals surface area contributed by atoms with Gasteiger partial charge in [-0.1, -0.05) is 47.3 Å². The second kappa shape index (κ2) is 13.3. The van der Waals surface area contributed by atoms with Crippen LogP contribution in [0.1, 0.15) is 44.6 Å². The number of benzene rings is 2. The van der Waals surface area contributed by atoms with Crippen molar-refractivity contribution < 1.29 is 27.5 Å². The van der Waals surface area contributed by atoms with Crippen LogP contribution in [0.25, 0.3) is 0 Å². The molecule has 1 aliphatic carbocycles. The Hall–Kier alpha value is -2.79. The average molecular weight is 611 g/mol. The predicted molar refractivity (Wildman–Crippen MR) is 151 cm³/mol. The third-order valence-electron chi connectivity index (χ3n) is 6.72. The summed E-state index contributed by atoms with van der Waals surface area (Å²) in [6.45, 7) is 1.31. The van der Waals surface area contributed by atoms with E-state index in [9.17, 15) is 18.0 Å². The van der Waals surface area contributed by atoms with Crippen molar-refractivity contribution in [3.05, 3.63) is 52.5 Å². The highest BCUT2D eigenvalue weighted by molar-refractivity contribution is 9.10. The summed E-state index contributed by atoms with van der Waals surface area (Å²) >= 11 is 3.41. The number of amides is 2. The fourth-order valence-electron chi connectivity index (χ4n) is 4.52. The highest BCUT2D eigenvalue weighted by atomic mass is 79.9. The molecule has 2 aromatic carbocycles. The average Bonchev–Trinajstić information content (AvgIpc) is 2.90. The molecule has 0 aromatic heterocycles. The molecule has 0 heterocycles. The molecule has 11 heteroatoms. The van der Waals surface area contributed by atoms with Gasteiger partial charge in [0.05, 0.1) is 26.2 Å². The number of nitrogens with one attached hydrogen (secondary N) is 1. The van der Waals surface area contributed by atoms with Gasteiger partial charge in [0, 0.05) is 23.1 Å². The fraction of sp³-hybridized carbons (Fsp3) is 0.481. The van der Waals surface area contributed by atoms with Crippen LogP contribution in [0.4, 0.5) is 5.69 Å². The molecule has 1 unspecified atom stereocenters. The van der Waals surface area contributed by atoms with Gasteiger partial charge in [-0.05, 0) is 49.6 Å². The number of carbonyl (C=O) groups excluding carboxylic acids is 2. The molecule has 0 saturated heterocycles. The van der Waals surface area contributed by atoms with E-state index in [2.05, 4.69) is 21.2 Å². The maximum atomic E-state index is 13.8. The van der Waals surface area contributed by atoms with Gasteiger partial charge in [-0.3, -0.25) is 13.9 Å². The van der Waals surface area contributed by atoms with Crippen LogP contribution in [-0.4, -0.2) is 64.2 Å². The number of rotatable bonds is 11. The largest absolute Gasteiger partial charge is 0.497 e. The summed E-state index contributed by atoms with van der Waals surface area (Å²) in [4.78, 5) is 28.4. The number of methoxy groups -OCH3 is 2. The van der Waals surface area contributed by atoms with Gasteiger partial charge >= 0.3 is 0 Å². The minimum Gasteiger partial charge on any atom is -0.497 e. The second-order valence-corrected chi connectivity index (χ2v) is 12.3. The van der Waals surface area contributed by atoms with Crippen LogP contribution < -0.4 is 19.1 Å². The van der Waals surface area contributed by atoms with Crippen LogP contribution >= 0.6 is 15.9 Å². The van der Waals surface area contributed by atoms with E-state index in [1.807, 2.05) is 24.3 Å². The lowest BCUT2D eigenvalue weighted by molar-refractivity contribution is -0.139. The van der Waals surface area contributed by atoms with Gasteiger partial charge in [0.2, 0.25) is 21.8 Å². The molecule has 1 atom stereocenters. The molecule has 1 saturated carbocycles. The first kappa shape index (κ1) is 29.8. The van der Waals surface area contributed by atoms with E-state index in [-0.39, 0.29) is 29.9 Å². The van der Waals surface area contributed by atoms with Crippen LogP contribution in [0.5, 0.6) is 11.5 Å². The zero-order valence-corrected chi connectivity index (χ0v) is 24.7. The van der Waals surface area contributed by atoms with Crippen molar-refractivity contribution in [1.82, 2.24) is 10.2 Å². The second-order valence-electron chi connectivity index (χ2n) is 9.48. The van der Waals surface area contributed by atoms with Crippen LogP contribution in [-0.2, 0) is 26.2 Å². The van der Waals surface area contributed by atoms with Crippen molar-refractivity contribution in [2.75, 3.05) is 31.3 Å². The molecular formula is C27H36BrN3O6S. The Morgan fingerprint density at radius 1 is 1.05 bits per heavy atom. The molecule has 0 aliphatic heterocycles. The van der Waals surface area contributed by atoms with Crippen molar-refractivity contribution >= 4 is 43.5 Å². The maximum Gasteiger partial charge on any atom is 0.244 e. The lowest BCUT2D eigenvalue weighted by Gasteiger charge is -2.33. The van der Waals surface area contributed by atoms with Crippen molar-refractivity contribution in [2.45, 2.75) is 57.7 Å². The third kappa shape index (κ3) is 7.86. The zero-order chi connectivity index (χ0) is 27.9. The standard InChI is InChI=1S/C27H36BrN3O6S/c1-19(27(33)29-22-8-6-5-7-9-22)30(17-20-10-12-21(28)13-11-20)26(32)18-31(38(4,34)35)24-15-14-23(36-2)16-25(24)37-3/h10-16,19,22H,5-9,17-18H2,1-4H3,(H,29,33). The van der Waals surface area contributed by atoms with Crippen LogP contribution in [0.15, 0.2) is 46.9 Å². The summed E-state index contributed by atoms with van der Waals surface area (Å²) in [7, 11) is -0.981. The van der Waals surface area contributed by atoms with Gasteiger partial charge in [-0.2, -0.15) is 0 Å². The number of nitrogens with zero attached hydrogens (tertiary/aromatic N) is 2. The summed E-state index contributed by atoms with van der Waals surface area (Å²) in [5.74, 6) is -0.0434. The number of carbonyl (C=O) groups is 2. The molecule has 1 fully saturated rings. The van der Waals surface area contributed by atoms with Gasteiger partial charge in [-0.25, -0.2) is 8.42 Å². The zero-order valence-electron chi connectivity index (χ0n) is 22.3. The number of hydrogen-bond donors (Lipinski definition) is 1. The van der Waals surface area contributed by atoms with E-state index in [0.29, 0.717) is 5.75 Å². The highest BCUT2D eigenvalue weighted by Crippen LogP contribution is 2.33. The summed E-state index contributed by atoms with van der Waals surface area (Å²) in [5, 5.41) is 3.09. The predicted octanol–water partition coefficient (Wildman–Crippen LogP) is 4.10. The minimum absolute atomic E-state index is 0.0828. The first-order valence-electron chi connectivity index (χ1n) is 12.6. The molecule has 2 amide bonds. The molecule has 9 nitrogen and oxygen atoms in total. The molecule has 0 bridgehead atoms. The summed E-state index contributed by atoms with van der Waals surface area (Å²) < 4.78 is 38.2. The van der Waals surface area contributed by atoms with Crippen molar-refractivity contribution in [1.29, 1.82) is 0 Å². The van der Waals surface area contributed by atoms with E-state index in [4.69, 9.17) is 9.47 Å². The first-order chi connectivity index (χ1) is 18.0. The quantitative estimate of drug-likeness (QED) is 0.411. The first-order valence-corrected chi connectivity index (χ1v) is 15.2. The Balaban J connectivity index is 1.91. The third-order valence-corrected chi connectivity index (χ3v) is 8.37. The van der Waals surface area contributed by atoms with Gasteiger partial charge in [-0.15, -0.1) is 0 Å². The van der Waals surface area contributed by atoms with E-state index < -0.39 is 28.5 Å². The van der Waals surface area contributed by atoms with Gasteiger partial charge in [0.25, 0.3) is 0 Å². The lowest BCUT2D eigenvalue weighted by Crippen LogP contribution is -2.53. The minimum atomic E-state index is -3.89. The van der Waals surface area contributed by atoms with Crippen molar-refractivity contribution in [3.8, 4) is 11.5 Å². The number of ether oxygens (including phenoxy) is 2. The topological polar surface area (TPSA) is 105 Å². The molecule has 0 spiro atoms. The van der Waals surface area contributed by atoms with Gasteiger partial charge in [0.15, 0.2) is 0 Å². The van der Waals surface area contributed by atoms with Crippen molar-refractivity contribution in [2.24, 2.45) is 0 Å². The molecule has 0 radical (unpaired) electrons. The van der Waals surface area contributed by atoms with E-state index >= 15 is 0 Å². The molecule has 3 rings (SSSR count). The Morgan fingerprint density at radius 2 is 1.71 bits per heavy atom. The molecule has 1 aliphatic rings. The Morgan fingerprint density at radius 3 is 2.29 bits per heavy atom. The number of hydrogen-bond acceptors (Lipinski definition) is 6. The molecule has 2 aromatic rings. The van der Waals surface area contributed by atoms with E-state index in [0.717, 1.165) is 52.7 Å². The van der Waals surface area contributed by atoms with Gasteiger partial charge in [0.1, 0.15) is 24.1 Å². The van der Waals surface area contributed by atoms with Crippen LogP contribution in [0, 0.1) is 0 Å². The van der Waals surface area contributed by atoms with Crippen LogP contribution in [0.3, 0.4) is 0 Å². The molecule has 1 N–H and O–H groups in total. The number of sulfonamides is 1. The smallest absolute Gasteiger partial charge is 0.244 e. The molecule has 208 valence electrons. The Bertz CT molecular complexity index is 1220. The molecular weight excluding hydrogens is 574 g/mol. The fourth-order valence-corrected chi connectivity index (χ4v) is 5.64. The van der Waals surface area contributed by atoms with E-state index in [1.165, 1.54) is 25.2 Å². The Kier molecular flexibility index (Phi) is 10.4. The monoisotopic (exact) mass is 609 g/mol. The lowest BCUT2D eigenvalue weighted by atomic mass is 9.95. The SMILES string of the molecule is COc1ccc(N(CC(=O)N(Cc2ccc(Br)cc2)C(C)C(=O)NC2CCCCC2)S(C)(=O)=O)c(OC)c1.